The van der Waals surface area contributed by atoms with Crippen LogP contribution >= 0.6 is 0 Å². The predicted molar refractivity (Wildman–Crippen MR) is 82.7 cm³/mol. The molecule has 0 fully saturated rings. The maximum atomic E-state index is 12.6. The third-order valence-electron chi connectivity index (χ3n) is 3.59. The molecule has 21 heavy (non-hydrogen) atoms. The standard InChI is InChI=1S/C14H23N5O2/c1-5-7-18-12-10(17(4)11(16-12)9(2)3)13(20)19(8-6-15)14(18)21/h9H,5-8,15H2,1-4H3. The molecule has 2 aromatic rings. The quantitative estimate of drug-likeness (QED) is 0.863. The molecule has 2 heterocycles. The van der Waals surface area contributed by atoms with Gasteiger partial charge >= 0.3 is 5.69 Å². The minimum atomic E-state index is -0.326. The van der Waals surface area contributed by atoms with E-state index in [9.17, 15) is 9.59 Å². The smallest absolute Gasteiger partial charge is 0.329 e. The van der Waals surface area contributed by atoms with Crippen LogP contribution in [0.25, 0.3) is 11.2 Å². The van der Waals surface area contributed by atoms with Crippen LogP contribution in [0, 0.1) is 0 Å². The maximum absolute atomic E-state index is 12.6. The van der Waals surface area contributed by atoms with Crippen LogP contribution in [-0.2, 0) is 20.1 Å². The van der Waals surface area contributed by atoms with Gasteiger partial charge in [-0.05, 0) is 6.42 Å². The van der Waals surface area contributed by atoms with Gasteiger partial charge in [-0.1, -0.05) is 20.8 Å². The van der Waals surface area contributed by atoms with Crippen molar-refractivity contribution in [3.63, 3.8) is 0 Å². The number of aromatic nitrogens is 4. The number of hydrogen-bond donors (Lipinski definition) is 1. The van der Waals surface area contributed by atoms with Crippen LogP contribution in [0.4, 0.5) is 0 Å². The number of imidazole rings is 1. The molecule has 0 atom stereocenters. The molecule has 0 saturated heterocycles. The van der Waals surface area contributed by atoms with E-state index in [0.29, 0.717) is 17.7 Å². The summed E-state index contributed by atoms with van der Waals surface area (Å²) in [7, 11) is 1.82. The van der Waals surface area contributed by atoms with Gasteiger partial charge in [0, 0.05) is 32.6 Å². The van der Waals surface area contributed by atoms with Crippen molar-refractivity contribution >= 4 is 11.2 Å². The molecular formula is C14H23N5O2. The molecular weight excluding hydrogens is 270 g/mol. The zero-order chi connectivity index (χ0) is 15.7. The average Bonchev–Trinajstić information content (AvgIpc) is 2.77. The van der Waals surface area contributed by atoms with Crippen molar-refractivity contribution in [3.05, 3.63) is 26.7 Å². The molecule has 0 aliphatic carbocycles. The summed E-state index contributed by atoms with van der Waals surface area (Å²) in [4.78, 5) is 29.6. The Morgan fingerprint density at radius 1 is 1.19 bits per heavy atom. The van der Waals surface area contributed by atoms with Gasteiger partial charge in [-0.2, -0.15) is 0 Å². The van der Waals surface area contributed by atoms with Crippen LogP contribution in [-0.4, -0.2) is 25.2 Å². The van der Waals surface area contributed by atoms with Crippen molar-refractivity contribution in [2.24, 2.45) is 12.8 Å². The van der Waals surface area contributed by atoms with E-state index in [2.05, 4.69) is 4.98 Å². The summed E-state index contributed by atoms with van der Waals surface area (Å²) in [6.07, 6.45) is 0.795. The van der Waals surface area contributed by atoms with Crippen LogP contribution in [0.15, 0.2) is 9.59 Å². The van der Waals surface area contributed by atoms with Crippen molar-refractivity contribution in [3.8, 4) is 0 Å². The van der Waals surface area contributed by atoms with Gasteiger partial charge in [-0.25, -0.2) is 9.78 Å². The first-order valence-electron chi connectivity index (χ1n) is 7.34. The first kappa shape index (κ1) is 15.5. The highest BCUT2D eigenvalue weighted by Gasteiger charge is 2.20. The Morgan fingerprint density at radius 2 is 1.86 bits per heavy atom. The van der Waals surface area contributed by atoms with Gasteiger partial charge in [0.1, 0.15) is 5.82 Å². The Bertz CT molecular complexity index is 766. The molecule has 2 N–H and O–H groups in total. The number of nitrogens with two attached hydrogens (primary N) is 1. The number of aryl methyl sites for hydroxylation is 2. The fourth-order valence-corrected chi connectivity index (χ4v) is 2.65. The van der Waals surface area contributed by atoms with Crippen molar-refractivity contribution in [1.29, 1.82) is 0 Å². The topological polar surface area (TPSA) is 87.8 Å². The van der Waals surface area contributed by atoms with Crippen LogP contribution < -0.4 is 17.0 Å². The van der Waals surface area contributed by atoms with E-state index in [0.717, 1.165) is 12.2 Å². The first-order chi connectivity index (χ1) is 9.93. The van der Waals surface area contributed by atoms with Crippen molar-refractivity contribution in [2.45, 2.75) is 46.2 Å². The summed E-state index contributed by atoms with van der Waals surface area (Å²) < 4.78 is 4.59. The van der Waals surface area contributed by atoms with E-state index in [4.69, 9.17) is 5.73 Å². The van der Waals surface area contributed by atoms with Crippen LogP contribution in [0.3, 0.4) is 0 Å². The van der Waals surface area contributed by atoms with Crippen molar-refractivity contribution in [2.75, 3.05) is 6.54 Å². The van der Waals surface area contributed by atoms with Crippen LogP contribution in [0.5, 0.6) is 0 Å². The molecule has 0 saturated carbocycles. The minimum absolute atomic E-state index is 0.176. The molecule has 0 aliphatic heterocycles. The molecule has 2 aromatic heterocycles. The van der Waals surface area contributed by atoms with Gasteiger partial charge in [-0.15, -0.1) is 0 Å². The van der Waals surface area contributed by atoms with E-state index in [1.54, 1.807) is 9.13 Å². The van der Waals surface area contributed by atoms with E-state index < -0.39 is 0 Å². The van der Waals surface area contributed by atoms with Gasteiger partial charge in [0.25, 0.3) is 5.56 Å². The third-order valence-corrected chi connectivity index (χ3v) is 3.59. The number of fused-ring (bicyclic) bond motifs is 1. The molecule has 0 aliphatic rings. The summed E-state index contributed by atoms with van der Waals surface area (Å²) in [5, 5.41) is 0. The Hall–Kier alpha value is -1.89. The highest BCUT2D eigenvalue weighted by Crippen LogP contribution is 2.17. The minimum Gasteiger partial charge on any atom is -0.329 e. The van der Waals surface area contributed by atoms with Crippen molar-refractivity contribution in [1.82, 2.24) is 18.7 Å². The molecule has 0 bridgehead atoms. The van der Waals surface area contributed by atoms with Gasteiger partial charge in [0.05, 0.1) is 0 Å². The summed E-state index contributed by atoms with van der Waals surface area (Å²) in [6.45, 7) is 7.03. The summed E-state index contributed by atoms with van der Waals surface area (Å²) in [5.41, 5.74) is 5.84. The van der Waals surface area contributed by atoms with Gasteiger partial charge in [0.15, 0.2) is 11.2 Å². The van der Waals surface area contributed by atoms with Gasteiger partial charge < -0.3 is 10.3 Å². The molecule has 0 radical (unpaired) electrons. The van der Waals surface area contributed by atoms with E-state index in [1.807, 2.05) is 27.8 Å². The molecule has 2 rings (SSSR count). The summed E-state index contributed by atoms with van der Waals surface area (Å²) in [5.74, 6) is 0.979. The van der Waals surface area contributed by atoms with Gasteiger partial charge in [-0.3, -0.25) is 13.9 Å². The SMILES string of the molecule is CCCn1c(=O)n(CCN)c(=O)c2c1nc(C(C)C)n2C. The summed E-state index contributed by atoms with van der Waals surface area (Å²) >= 11 is 0. The highest BCUT2D eigenvalue weighted by molar-refractivity contribution is 5.71. The third kappa shape index (κ3) is 2.42. The Morgan fingerprint density at radius 3 is 2.38 bits per heavy atom. The predicted octanol–water partition coefficient (Wildman–Crippen LogP) is 0.389. The summed E-state index contributed by atoms with van der Waals surface area (Å²) in [6, 6.07) is 0. The fourth-order valence-electron chi connectivity index (χ4n) is 2.65. The Kier molecular flexibility index (Phi) is 4.32. The lowest BCUT2D eigenvalue weighted by molar-refractivity contribution is 0.565. The monoisotopic (exact) mass is 293 g/mol. The zero-order valence-electron chi connectivity index (χ0n) is 13.1. The molecule has 7 nitrogen and oxygen atoms in total. The fraction of sp³-hybridized carbons (Fsp3) is 0.643. The largest absolute Gasteiger partial charge is 0.332 e. The second-order valence-corrected chi connectivity index (χ2v) is 5.54. The Labute approximate surface area is 123 Å². The second kappa shape index (κ2) is 5.85. The van der Waals surface area contributed by atoms with Gasteiger partial charge in [0.2, 0.25) is 0 Å². The van der Waals surface area contributed by atoms with Crippen LogP contribution in [0.2, 0.25) is 0 Å². The van der Waals surface area contributed by atoms with E-state index in [1.165, 1.54) is 4.57 Å². The van der Waals surface area contributed by atoms with Crippen LogP contribution in [0.1, 0.15) is 38.9 Å². The molecule has 0 aromatic carbocycles. The molecule has 0 unspecified atom stereocenters. The maximum Gasteiger partial charge on any atom is 0.332 e. The number of nitrogens with zero attached hydrogens (tertiary/aromatic N) is 4. The normalized spacial score (nSPS) is 11.7. The molecule has 0 amide bonds. The number of hydrogen-bond acceptors (Lipinski definition) is 4. The van der Waals surface area contributed by atoms with Crippen molar-refractivity contribution < 1.29 is 0 Å². The molecule has 116 valence electrons. The molecule has 0 spiro atoms. The second-order valence-electron chi connectivity index (χ2n) is 5.54. The Balaban J connectivity index is 2.94. The first-order valence-corrected chi connectivity index (χ1v) is 7.34. The van der Waals surface area contributed by atoms with E-state index >= 15 is 0 Å². The zero-order valence-corrected chi connectivity index (χ0v) is 13.1. The highest BCUT2D eigenvalue weighted by atomic mass is 16.2. The lowest BCUT2D eigenvalue weighted by Gasteiger charge is -2.10. The lowest BCUT2D eigenvalue weighted by Crippen LogP contribution is -2.42. The lowest BCUT2D eigenvalue weighted by atomic mass is 10.2. The molecule has 7 heteroatoms. The average molecular weight is 293 g/mol. The van der Waals surface area contributed by atoms with E-state index in [-0.39, 0.29) is 30.3 Å². The number of rotatable bonds is 5.